The zero-order valence-corrected chi connectivity index (χ0v) is 29.3. The van der Waals surface area contributed by atoms with Crippen molar-refractivity contribution < 1.29 is 9.59 Å². The lowest BCUT2D eigenvalue weighted by molar-refractivity contribution is 0.103. The second-order valence-corrected chi connectivity index (χ2v) is 14.6. The zero-order valence-electron chi connectivity index (χ0n) is 27.6. The van der Waals surface area contributed by atoms with Gasteiger partial charge in [0, 0.05) is 49.7 Å². The number of benzene rings is 2. The second-order valence-electron chi connectivity index (χ2n) is 12.4. The van der Waals surface area contributed by atoms with Gasteiger partial charge in [-0.25, -0.2) is 0 Å². The maximum absolute atomic E-state index is 13.7. The van der Waals surface area contributed by atoms with Crippen LogP contribution >= 0.6 is 22.7 Å². The molecule has 9 heteroatoms. The normalized spacial score (nSPS) is 18.0. The van der Waals surface area contributed by atoms with Crippen molar-refractivity contribution >= 4 is 91.4 Å². The number of Topliss-reactive ketones (excluding diaryl/α,β-unsaturated/α-hetero) is 2. The average molecular weight is 690 g/mol. The summed E-state index contributed by atoms with van der Waals surface area (Å²) in [5, 5.41) is 20.1. The highest BCUT2D eigenvalue weighted by atomic mass is 32.1. The summed E-state index contributed by atoms with van der Waals surface area (Å²) in [6.07, 6.45) is 4.82. The fraction of sp³-hybridized carbons (Fsp3) is 0.171. The first-order valence-electron chi connectivity index (χ1n) is 16.2. The number of aromatic nitrogens is 1. The fourth-order valence-electron chi connectivity index (χ4n) is 6.82. The van der Waals surface area contributed by atoms with Crippen LogP contribution < -0.4 is 0 Å². The minimum Gasteiger partial charge on any atom is -0.339 e. The average Bonchev–Trinajstić information content (AvgIpc) is 3.91. The number of nitrogens with zero attached hydrogens (tertiary/aromatic N) is 5. The van der Waals surface area contributed by atoms with Gasteiger partial charge in [0.1, 0.15) is 0 Å². The first-order valence-corrected chi connectivity index (χ1v) is 17.9. The van der Waals surface area contributed by atoms with E-state index in [1.807, 2.05) is 48.6 Å². The van der Waals surface area contributed by atoms with Crippen LogP contribution in [-0.2, 0) is 6.54 Å². The van der Waals surface area contributed by atoms with Gasteiger partial charge in [0.2, 0.25) is 0 Å². The number of thiophene rings is 2. The van der Waals surface area contributed by atoms with Gasteiger partial charge in [-0.1, -0.05) is 68.8 Å². The number of ketones is 2. The quantitative estimate of drug-likeness (QED) is 0.0872. The number of carbonyl (C=O) groups excluding carboxylic acids is 2. The molecule has 244 valence electrons. The summed E-state index contributed by atoms with van der Waals surface area (Å²) < 4.78 is 4.53. The van der Waals surface area contributed by atoms with Gasteiger partial charge in [-0.2, -0.15) is 10.5 Å². The molecule has 1 atom stereocenters. The molecule has 3 heterocycles. The highest BCUT2D eigenvalue weighted by Crippen LogP contribution is 2.46. The molecule has 0 radical (unpaired) electrons. The van der Waals surface area contributed by atoms with Crippen LogP contribution in [0.5, 0.6) is 0 Å². The minimum atomic E-state index is -0.113. The molecule has 1 unspecified atom stereocenters. The summed E-state index contributed by atoms with van der Waals surface area (Å²) in [5.41, 5.74) is 7.81. The molecule has 3 aromatic heterocycles. The molecule has 0 saturated heterocycles. The molecule has 7 nitrogen and oxygen atoms in total. The van der Waals surface area contributed by atoms with Crippen molar-refractivity contribution in [3.63, 3.8) is 0 Å². The SMILES string of the molecule is C=NCC(C#N)=C1/C(=C/c2cc3c(s2)c2sc(/C=C4\C(=O)c5ccccc5\C4=C(/C#N)CN=C)cc2n3CC(C)CC)C(=O)c2ccccc21. The van der Waals surface area contributed by atoms with Crippen LogP contribution in [-0.4, -0.2) is 42.7 Å². The number of hydrogen-bond acceptors (Lipinski definition) is 8. The van der Waals surface area contributed by atoms with Crippen molar-refractivity contribution in [1.82, 2.24) is 4.57 Å². The third kappa shape index (κ3) is 5.32. The van der Waals surface area contributed by atoms with Gasteiger partial charge < -0.3 is 4.57 Å². The number of allylic oxidation sites excluding steroid dienone is 4. The monoisotopic (exact) mass is 689 g/mol. The third-order valence-corrected chi connectivity index (χ3v) is 11.6. The van der Waals surface area contributed by atoms with Crippen LogP contribution in [0.1, 0.15) is 61.9 Å². The first kappa shape index (κ1) is 32.8. The van der Waals surface area contributed by atoms with Gasteiger partial charge in [0.25, 0.3) is 0 Å². The summed E-state index contributed by atoms with van der Waals surface area (Å²) in [4.78, 5) is 37.2. The Morgan fingerprint density at radius 2 is 1.20 bits per heavy atom. The highest BCUT2D eigenvalue weighted by molar-refractivity contribution is 7.28. The summed E-state index contributed by atoms with van der Waals surface area (Å²) in [6, 6.07) is 23.5. The second kappa shape index (κ2) is 13.3. The van der Waals surface area contributed by atoms with Gasteiger partial charge in [-0.05, 0) is 54.8 Å². The van der Waals surface area contributed by atoms with E-state index in [0.717, 1.165) is 54.3 Å². The van der Waals surface area contributed by atoms with Crippen LogP contribution in [0, 0.1) is 28.6 Å². The van der Waals surface area contributed by atoms with Crippen molar-refractivity contribution in [3.8, 4) is 12.1 Å². The van der Waals surface area contributed by atoms with Gasteiger partial charge in [0.05, 0.1) is 56.8 Å². The molecule has 0 bridgehead atoms. The van der Waals surface area contributed by atoms with E-state index in [1.54, 1.807) is 34.8 Å². The van der Waals surface area contributed by atoms with Crippen molar-refractivity contribution in [2.45, 2.75) is 26.8 Å². The number of carbonyl (C=O) groups is 2. The molecule has 0 fully saturated rings. The maximum Gasteiger partial charge on any atom is 0.194 e. The lowest BCUT2D eigenvalue weighted by Crippen LogP contribution is -2.05. The lowest BCUT2D eigenvalue weighted by Gasteiger charge is -2.11. The Balaban J connectivity index is 1.40. The van der Waals surface area contributed by atoms with Gasteiger partial charge in [-0.15, -0.1) is 22.7 Å². The molecule has 0 saturated carbocycles. The Labute approximate surface area is 297 Å². The Bertz CT molecular complexity index is 2350. The van der Waals surface area contributed by atoms with Crippen LogP contribution in [0.15, 0.2) is 92.9 Å². The summed E-state index contributed by atoms with van der Waals surface area (Å²) >= 11 is 3.21. The fourth-order valence-corrected chi connectivity index (χ4v) is 9.17. The molecule has 2 aliphatic rings. The molecule has 50 heavy (non-hydrogen) atoms. The van der Waals surface area contributed by atoms with E-state index in [4.69, 9.17) is 0 Å². The number of fused-ring (bicyclic) bond motifs is 5. The van der Waals surface area contributed by atoms with Crippen LogP contribution in [0.25, 0.3) is 43.7 Å². The zero-order chi connectivity index (χ0) is 35.1. The molecule has 0 spiro atoms. The standard InChI is InChI=1S/C41H31N5O2S2/c1-5-23(2)22-46-34-16-26(14-32-36(24(18-42)20-44-3)28-10-6-8-12-30(28)38(32)47)49-40(34)41-35(46)17-27(50-41)15-33-37(25(19-43)21-45-4)29-11-7-9-13-31(29)39(33)48/h6-17,23H,3-5,20-22H2,1-2H3/b32-14-,33-15-,36-24-,37-25?. The van der Waals surface area contributed by atoms with E-state index in [0.29, 0.717) is 50.5 Å². The molecule has 5 aromatic rings. The van der Waals surface area contributed by atoms with Crippen LogP contribution in [0.4, 0.5) is 0 Å². The number of hydrogen-bond donors (Lipinski definition) is 0. The highest BCUT2D eigenvalue weighted by Gasteiger charge is 2.33. The Morgan fingerprint density at radius 3 is 1.58 bits per heavy atom. The molecular weight excluding hydrogens is 659 g/mol. The van der Waals surface area contributed by atoms with Crippen molar-refractivity contribution in [1.29, 1.82) is 10.5 Å². The third-order valence-electron chi connectivity index (χ3n) is 9.34. The summed E-state index contributed by atoms with van der Waals surface area (Å²) in [6.45, 7) is 12.6. The van der Waals surface area contributed by atoms with Crippen molar-refractivity contribution in [3.05, 3.63) is 115 Å². The molecule has 0 amide bonds. The first-order chi connectivity index (χ1) is 24.3. The van der Waals surface area contributed by atoms with Crippen molar-refractivity contribution in [2.24, 2.45) is 15.9 Å². The maximum atomic E-state index is 13.7. The van der Waals surface area contributed by atoms with E-state index >= 15 is 0 Å². The minimum absolute atomic E-state index is 0.113. The molecular formula is C41H31N5O2S2. The Morgan fingerprint density at radius 1 is 0.780 bits per heavy atom. The van der Waals surface area contributed by atoms with E-state index in [2.05, 4.69) is 66.1 Å². The van der Waals surface area contributed by atoms with E-state index in [1.165, 1.54) is 0 Å². The largest absolute Gasteiger partial charge is 0.339 e. The molecule has 0 N–H and O–H groups in total. The Kier molecular flexibility index (Phi) is 8.71. The van der Waals surface area contributed by atoms with Gasteiger partial charge in [-0.3, -0.25) is 19.6 Å². The molecule has 2 aromatic carbocycles. The van der Waals surface area contributed by atoms with Crippen LogP contribution in [0.3, 0.4) is 0 Å². The molecule has 0 aliphatic heterocycles. The number of aliphatic imine (C=N–C) groups is 2. The Hall–Kier alpha value is -5.74. The van der Waals surface area contributed by atoms with Gasteiger partial charge in [0.15, 0.2) is 11.6 Å². The van der Waals surface area contributed by atoms with Gasteiger partial charge >= 0.3 is 0 Å². The predicted octanol–water partition coefficient (Wildman–Crippen LogP) is 9.48. The van der Waals surface area contributed by atoms with E-state index in [-0.39, 0.29) is 24.7 Å². The van der Waals surface area contributed by atoms with E-state index in [9.17, 15) is 20.1 Å². The van der Waals surface area contributed by atoms with Crippen molar-refractivity contribution in [2.75, 3.05) is 13.1 Å². The lowest BCUT2D eigenvalue weighted by atomic mass is 9.98. The topological polar surface area (TPSA) is 111 Å². The van der Waals surface area contributed by atoms with E-state index < -0.39 is 0 Å². The summed E-state index contributed by atoms with van der Waals surface area (Å²) in [7, 11) is 0. The molecule has 2 aliphatic carbocycles. The molecule has 7 rings (SSSR count). The number of rotatable bonds is 9. The number of nitriles is 2. The van der Waals surface area contributed by atoms with Crippen LogP contribution in [0.2, 0.25) is 0 Å². The smallest absolute Gasteiger partial charge is 0.194 e. The predicted molar refractivity (Wildman–Crippen MR) is 206 cm³/mol. The summed E-state index contributed by atoms with van der Waals surface area (Å²) in [5.74, 6) is 0.183.